The van der Waals surface area contributed by atoms with E-state index in [0.717, 1.165) is 36.3 Å². The number of anilines is 1. The number of carbonyl (C=O) groups is 3. The van der Waals surface area contributed by atoms with Gasteiger partial charge in [-0.1, -0.05) is 11.6 Å². The van der Waals surface area contributed by atoms with E-state index in [1.807, 2.05) is 0 Å². The monoisotopic (exact) mass is 481 g/mol. The van der Waals surface area contributed by atoms with Gasteiger partial charge in [0.1, 0.15) is 6.04 Å². The van der Waals surface area contributed by atoms with Gasteiger partial charge in [-0.3, -0.25) is 19.0 Å². The van der Waals surface area contributed by atoms with E-state index in [2.05, 4.69) is 10.3 Å². The normalized spacial score (nSPS) is 14.5. The van der Waals surface area contributed by atoms with Crippen molar-refractivity contribution in [3.8, 4) is 0 Å². The largest absolute Gasteiger partial charge is 0.326 e. The lowest BCUT2D eigenvalue weighted by Gasteiger charge is -2.14. The van der Waals surface area contributed by atoms with Crippen molar-refractivity contribution < 1.29 is 14.4 Å². The van der Waals surface area contributed by atoms with Crippen LogP contribution in [0.15, 0.2) is 53.5 Å². The predicted molar refractivity (Wildman–Crippen MR) is 130 cm³/mol. The van der Waals surface area contributed by atoms with Gasteiger partial charge in [0.25, 0.3) is 5.91 Å². The van der Waals surface area contributed by atoms with Crippen LogP contribution in [0.1, 0.15) is 58.0 Å². The number of thiazole rings is 1. The van der Waals surface area contributed by atoms with Crippen molar-refractivity contribution in [2.75, 3.05) is 5.32 Å². The second kappa shape index (κ2) is 9.85. The molecule has 0 spiro atoms. The van der Waals surface area contributed by atoms with Crippen LogP contribution in [0.2, 0.25) is 5.02 Å². The Bertz CT molecular complexity index is 1270. The average molecular weight is 482 g/mol. The zero-order valence-electron chi connectivity index (χ0n) is 18.4. The Labute approximate surface area is 200 Å². The summed E-state index contributed by atoms with van der Waals surface area (Å²) in [7, 11) is 0. The number of fused-ring (bicyclic) bond motifs is 1. The first kappa shape index (κ1) is 23.1. The highest BCUT2D eigenvalue weighted by atomic mass is 35.5. The lowest BCUT2D eigenvalue weighted by atomic mass is 10.0. The van der Waals surface area contributed by atoms with Gasteiger partial charge in [0, 0.05) is 39.3 Å². The van der Waals surface area contributed by atoms with Crippen molar-refractivity contribution in [2.24, 2.45) is 4.99 Å². The van der Waals surface area contributed by atoms with Gasteiger partial charge in [0.2, 0.25) is 5.91 Å². The number of carbonyl (C=O) groups excluding carboxylic acids is 3. The molecule has 1 unspecified atom stereocenters. The van der Waals surface area contributed by atoms with Crippen LogP contribution < -0.4 is 10.1 Å². The molecule has 1 heterocycles. The summed E-state index contributed by atoms with van der Waals surface area (Å²) < 4.78 is 1.66. The van der Waals surface area contributed by atoms with E-state index in [4.69, 9.17) is 11.6 Å². The zero-order valence-corrected chi connectivity index (χ0v) is 20.0. The number of aromatic nitrogens is 1. The number of rotatable bonds is 5. The number of nitrogens with one attached hydrogen (secondary N) is 1. The van der Waals surface area contributed by atoms with Crippen LogP contribution in [0, 0.1) is 0 Å². The lowest BCUT2D eigenvalue weighted by Crippen LogP contribution is -2.29. The maximum Gasteiger partial charge on any atom is 0.264 e. The predicted octanol–water partition coefficient (Wildman–Crippen LogP) is 4.90. The van der Waals surface area contributed by atoms with Crippen LogP contribution in [0.5, 0.6) is 0 Å². The van der Waals surface area contributed by atoms with Gasteiger partial charge in [-0.25, -0.2) is 4.99 Å². The fraction of sp³-hybridized carbons (Fsp3) is 0.280. The number of ketones is 1. The highest BCUT2D eigenvalue weighted by Gasteiger charge is 2.23. The van der Waals surface area contributed by atoms with E-state index in [1.165, 1.54) is 18.3 Å². The number of amides is 1. The molecule has 1 aliphatic rings. The molecule has 0 saturated carbocycles. The molecule has 1 N–H and O–H groups in total. The number of nitrogens with zero attached hydrogens (tertiary/aromatic N) is 2. The molecule has 3 aromatic rings. The minimum atomic E-state index is -0.646. The highest BCUT2D eigenvalue weighted by Crippen LogP contribution is 2.25. The molecule has 2 aromatic carbocycles. The second-order valence-corrected chi connectivity index (χ2v) is 9.54. The number of hydrogen-bond donors (Lipinski definition) is 1. The van der Waals surface area contributed by atoms with Crippen molar-refractivity contribution in [1.29, 1.82) is 0 Å². The first-order valence-corrected chi connectivity index (χ1v) is 12.0. The first-order chi connectivity index (χ1) is 15.8. The summed E-state index contributed by atoms with van der Waals surface area (Å²) in [6.45, 7) is 3.18. The van der Waals surface area contributed by atoms with Crippen molar-refractivity contribution in [1.82, 2.24) is 4.57 Å². The maximum atomic E-state index is 13.5. The molecule has 1 aliphatic carbocycles. The number of Topliss-reactive ketones (excluding diaryl/α,β-unsaturated/α-hetero) is 1. The van der Waals surface area contributed by atoms with E-state index >= 15 is 0 Å². The molecule has 0 bridgehead atoms. The molecule has 8 heteroatoms. The Morgan fingerprint density at radius 2 is 1.64 bits per heavy atom. The number of halogens is 1. The molecule has 0 aliphatic heterocycles. The molecule has 0 radical (unpaired) electrons. The summed E-state index contributed by atoms with van der Waals surface area (Å²) in [5, 5.41) is 3.27. The Hall–Kier alpha value is -3.03. The van der Waals surface area contributed by atoms with Gasteiger partial charge in [0.15, 0.2) is 10.6 Å². The van der Waals surface area contributed by atoms with Crippen molar-refractivity contribution in [3.63, 3.8) is 0 Å². The average Bonchev–Trinajstić information content (AvgIpc) is 3.16. The van der Waals surface area contributed by atoms with E-state index in [0.29, 0.717) is 26.6 Å². The molecule has 6 nitrogen and oxygen atoms in total. The molecule has 170 valence electrons. The van der Waals surface area contributed by atoms with E-state index < -0.39 is 6.04 Å². The number of benzene rings is 2. The third-order valence-corrected chi connectivity index (χ3v) is 6.94. The molecule has 1 atom stereocenters. The third kappa shape index (κ3) is 5.15. The molecule has 0 fully saturated rings. The Morgan fingerprint density at radius 3 is 2.30 bits per heavy atom. The molecule has 0 saturated heterocycles. The van der Waals surface area contributed by atoms with Gasteiger partial charge in [-0.15, -0.1) is 11.3 Å². The van der Waals surface area contributed by atoms with Crippen molar-refractivity contribution in [3.05, 3.63) is 80.1 Å². The minimum Gasteiger partial charge on any atom is -0.326 e. The van der Waals surface area contributed by atoms with Crippen molar-refractivity contribution >= 4 is 46.2 Å². The van der Waals surface area contributed by atoms with Crippen LogP contribution in [-0.4, -0.2) is 28.2 Å². The molecule has 4 rings (SSSR count). The van der Waals surface area contributed by atoms with Crippen LogP contribution >= 0.6 is 22.9 Å². The van der Waals surface area contributed by atoms with E-state index in [9.17, 15) is 14.4 Å². The second-order valence-electron chi connectivity index (χ2n) is 8.04. The van der Waals surface area contributed by atoms with Gasteiger partial charge >= 0.3 is 0 Å². The summed E-state index contributed by atoms with van der Waals surface area (Å²) in [6, 6.07) is 12.9. The Balaban J connectivity index is 1.71. The van der Waals surface area contributed by atoms with E-state index in [1.54, 1.807) is 60.0 Å². The van der Waals surface area contributed by atoms with Gasteiger partial charge < -0.3 is 5.32 Å². The van der Waals surface area contributed by atoms with Gasteiger partial charge in [-0.2, -0.15) is 0 Å². The highest BCUT2D eigenvalue weighted by molar-refractivity contribution is 7.09. The fourth-order valence-electron chi connectivity index (χ4n) is 3.88. The minimum absolute atomic E-state index is 0.128. The SMILES string of the molecule is CC(=O)Nc1ccc(C(=O)n2c3c(sc2=NC(C)C(=O)c2ccc(Cl)cc2)CCCC3)cc1. The maximum absolute atomic E-state index is 13.5. The van der Waals surface area contributed by atoms with Gasteiger partial charge in [0.05, 0.1) is 0 Å². The topological polar surface area (TPSA) is 80.5 Å². The summed E-state index contributed by atoms with van der Waals surface area (Å²) in [5.74, 6) is -0.485. The number of aryl methyl sites for hydroxylation is 1. The third-order valence-electron chi connectivity index (χ3n) is 5.53. The van der Waals surface area contributed by atoms with Crippen molar-refractivity contribution in [2.45, 2.75) is 45.6 Å². The van der Waals surface area contributed by atoms with Gasteiger partial charge in [-0.05, 0) is 81.1 Å². The Morgan fingerprint density at radius 1 is 1.00 bits per heavy atom. The quantitative estimate of drug-likeness (QED) is 0.526. The van der Waals surface area contributed by atoms with E-state index in [-0.39, 0.29) is 17.6 Å². The summed E-state index contributed by atoms with van der Waals surface area (Å²) in [4.78, 5) is 44.1. The summed E-state index contributed by atoms with van der Waals surface area (Å²) >= 11 is 7.42. The Kier molecular flexibility index (Phi) is 6.91. The summed E-state index contributed by atoms with van der Waals surface area (Å²) in [5.41, 5.74) is 2.63. The summed E-state index contributed by atoms with van der Waals surface area (Å²) in [6.07, 6.45) is 3.79. The van der Waals surface area contributed by atoms with Crippen LogP contribution in [-0.2, 0) is 17.6 Å². The van der Waals surface area contributed by atoms with Crippen LogP contribution in [0.25, 0.3) is 0 Å². The molecular weight excluding hydrogens is 458 g/mol. The molecular formula is C25H24ClN3O3S. The fourth-order valence-corrected chi connectivity index (χ4v) is 5.28. The smallest absolute Gasteiger partial charge is 0.264 e. The number of hydrogen-bond acceptors (Lipinski definition) is 5. The lowest BCUT2D eigenvalue weighted by molar-refractivity contribution is -0.114. The molecule has 1 amide bonds. The van der Waals surface area contributed by atoms with Crippen LogP contribution in [0.3, 0.4) is 0 Å². The molecule has 1 aromatic heterocycles. The standard InChI is InChI=1S/C25H24ClN3O3S/c1-15(23(31)17-7-11-19(26)12-8-17)27-25-29(21-5-3-4-6-22(21)33-25)24(32)18-9-13-20(14-10-18)28-16(2)30/h7-15H,3-6H2,1-2H3,(H,28,30). The first-order valence-electron chi connectivity index (χ1n) is 10.8. The molecule has 33 heavy (non-hydrogen) atoms. The zero-order chi connectivity index (χ0) is 23.5. The van der Waals surface area contributed by atoms with Crippen LogP contribution in [0.4, 0.5) is 5.69 Å².